The van der Waals surface area contributed by atoms with Gasteiger partial charge < -0.3 is 0 Å². The third kappa shape index (κ3) is 1.40. The van der Waals surface area contributed by atoms with Gasteiger partial charge in [0, 0.05) is 11.8 Å². The van der Waals surface area contributed by atoms with Crippen molar-refractivity contribution < 1.29 is 0 Å². The summed E-state index contributed by atoms with van der Waals surface area (Å²) in [6.45, 7) is 0. The van der Waals surface area contributed by atoms with Gasteiger partial charge in [0.1, 0.15) is 5.65 Å². The standard InChI is InChI=1S/C13H9N2/c1-2-6-11(7-3-1)12-10-15-9-5-4-8-13(15)14-12/h1-9H. The van der Waals surface area contributed by atoms with Gasteiger partial charge in [-0.1, -0.05) is 36.4 Å². The molecule has 0 atom stereocenters. The van der Waals surface area contributed by atoms with E-state index in [1.54, 1.807) is 0 Å². The van der Waals surface area contributed by atoms with Gasteiger partial charge >= 0.3 is 0 Å². The maximum atomic E-state index is 4.49. The lowest BCUT2D eigenvalue weighted by Gasteiger charge is -1.91. The SMILES string of the molecule is [c]1c(-c2ccccc2)nc2ccccn12. The fourth-order valence-electron chi connectivity index (χ4n) is 1.60. The van der Waals surface area contributed by atoms with Gasteiger partial charge in [0.05, 0.1) is 11.9 Å². The minimum absolute atomic E-state index is 0.891. The van der Waals surface area contributed by atoms with Crippen LogP contribution in [0.5, 0.6) is 0 Å². The zero-order valence-electron chi connectivity index (χ0n) is 8.09. The molecule has 71 valence electrons. The highest BCUT2D eigenvalue weighted by atomic mass is 15.0. The number of aromatic nitrogens is 2. The molecule has 2 aromatic heterocycles. The summed E-state index contributed by atoms with van der Waals surface area (Å²) < 4.78 is 1.91. The molecular formula is C13H9N2. The van der Waals surface area contributed by atoms with Crippen LogP contribution < -0.4 is 0 Å². The highest BCUT2D eigenvalue weighted by Crippen LogP contribution is 2.17. The smallest absolute Gasteiger partial charge is 0.137 e. The maximum Gasteiger partial charge on any atom is 0.137 e. The maximum absolute atomic E-state index is 4.49. The lowest BCUT2D eigenvalue weighted by Crippen LogP contribution is -1.78. The van der Waals surface area contributed by atoms with Crippen molar-refractivity contribution >= 4 is 5.65 Å². The van der Waals surface area contributed by atoms with Crippen LogP contribution in [0.25, 0.3) is 16.9 Å². The Labute approximate surface area is 87.8 Å². The summed E-state index contributed by atoms with van der Waals surface area (Å²) in [7, 11) is 0. The van der Waals surface area contributed by atoms with Gasteiger partial charge in [0.15, 0.2) is 0 Å². The van der Waals surface area contributed by atoms with Gasteiger partial charge in [0.25, 0.3) is 0 Å². The van der Waals surface area contributed by atoms with E-state index in [0.717, 1.165) is 16.9 Å². The second kappa shape index (κ2) is 3.24. The molecule has 2 heterocycles. The van der Waals surface area contributed by atoms with E-state index >= 15 is 0 Å². The first-order valence-electron chi connectivity index (χ1n) is 4.85. The Morgan fingerprint density at radius 2 is 1.73 bits per heavy atom. The van der Waals surface area contributed by atoms with Gasteiger partial charge in [-0.2, -0.15) is 0 Å². The fourth-order valence-corrected chi connectivity index (χ4v) is 1.60. The summed E-state index contributed by atoms with van der Waals surface area (Å²) in [5, 5.41) is 0. The van der Waals surface area contributed by atoms with E-state index in [0.29, 0.717) is 0 Å². The lowest BCUT2D eigenvalue weighted by molar-refractivity contribution is 1.18. The van der Waals surface area contributed by atoms with Crippen molar-refractivity contribution in [1.82, 2.24) is 9.38 Å². The normalized spacial score (nSPS) is 10.7. The number of fused-ring (bicyclic) bond motifs is 1. The van der Waals surface area contributed by atoms with Gasteiger partial charge in [-0.25, -0.2) is 4.98 Å². The van der Waals surface area contributed by atoms with Crippen LogP contribution in [-0.4, -0.2) is 9.38 Å². The molecule has 1 radical (unpaired) electrons. The van der Waals surface area contributed by atoms with E-state index in [1.165, 1.54) is 0 Å². The molecule has 0 unspecified atom stereocenters. The molecule has 0 N–H and O–H groups in total. The van der Waals surface area contributed by atoms with E-state index in [9.17, 15) is 0 Å². The molecule has 0 aliphatic heterocycles. The summed E-state index contributed by atoms with van der Waals surface area (Å²) in [4.78, 5) is 4.49. The van der Waals surface area contributed by atoms with Crippen molar-refractivity contribution in [1.29, 1.82) is 0 Å². The monoisotopic (exact) mass is 193 g/mol. The first-order chi connectivity index (χ1) is 7.43. The summed E-state index contributed by atoms with van der Waals surface area (Å²) in [5.41, 5.74) is 2.92. The van der Waals surface area contributed by atoms with Gasteiger partial charge in [-0.3, -0.25) is 4.40 Å². The Balaban J connectivity index is 2.21. The van der Waals surface area contributed by atoms with Gasteiger partial charge in [0.2, 0.25) is 0 Å². The van der Waals surface area contributed by atoms with Crippen molar-refractivity contribution in [3.05, 3.63) is 60.9 Å². The third-order valence-electron chi connectivity index (χ3n) is 2.34. The van der Waals surface area contributed by atoms with Crippen molar-refractivity contribution in [2.45, 2.75) is 0 Å². The molecule has 15 heavy (non-hydrogen) atoms. The van der Waals surface area contributed by atoms with Crippen LogP contribution in [0, 0.1) is 6.20 Å². The lowest BCUT2D eigenvalue weighted by atomic mass is 10.2. The predicted octanol–water partition coefficient (Wildman–Crippen LogP) is 2.80. The Hall–Kier alpha value is -2.09. The Bertz CT molecular complexity index is 549. The number of nitrogens with zero attached hydrogens (tertiary/aromatic N) is 2. The number of pyridine rings is 1. The Morgan fingerprint density at radius 3 is 2.53 bits per heavy atom. The zero-order valence-corrected chi connectivity index (χ0v) is 8.09. The van der Waals surface area contributed by atoms with Crippen molar-refractivity contribution in [2.75, 3.05) is 0 Å². The largest absolute Gasteiger partial charge is 0.298 e. The third-order valence-corrected chi connectivity index (χ3v) is 2.34. The molecule has 0 saturated carbocycles. The molecule has 1 aromatic carbocycles. The minimum Gasteiger partial charge on any atom is -0.298 e. The first kappa shape index (κ1) is 8.24. The summed E-state index contributed by atoms with van der Waals surface area (Å²) in [5.74, 6) is 0. The predicted molar refractivity (Wildman–Crippen MR) is 59.5 cm³/mol. The quantitative estimate of drug-likeness (QED) is 0.581. The molecular weight excluding hydrogens is 184 g/mol. The number of hydrogen-bond acceptors (Lipinski definition) is 1. The van der Waals surface area contributed by atoms with E-state index in [2.05, 4.69) is 11.2 Å². The van der Waals surface area contributed by atoms with Crippen LogP contribution in [0.3, 0.4) is 0 Å². The number of rotatable bonds is 1. The summed E-state index contributed by atoms with van der Waals surface area (Å²) >= 11 is 0. The molecule has 0 spiro atoms. The number of benzene rings is 1. The highest BCUT2D eigenvalue weighted by Gasteiger charge is 2.02. The number of hydrogen-bond donors (Lipinski definition) is 0. The van der Waals surface area contributed by atoms with E-state index in [1.807, 2.05) is 59.1 Å². The van der Waals surface area contributed by atoms with Gasteiger partial charge in [-0.15, -0.1) is 0 Å². The average molecular weight is 193 g/mol. The van der Waals surface area contributed by atoms with Crippen molar-refractivity contribution in [3.8, 4) is 11.3 Å². The minimum atomic E-state index is 0.891. The van der Waals surface area contributed by atoms with Crippen LogP contribution >= 0.6 is 0 Å². The van der Waals surface area contributed by atoms with E-state index in [-0.39, 0.29) is 0 Å². The topological polar surface area (TPSA) is 17.3 Å². The first-order valence-corrected chi connectivity index (χ1v) is 4.85. The fraction of sp³-hybridized carbons (Fsp3) is 0. The molecule has 2 heteroatoms. The molecule has 0 amide bonds. The van der Waals surface area contributed by atoms with Crippen LogP contribution in [0.15, 0.2) is 54.7 Å². The van der Waals surface area contributed by atoms with Crippen LogP contribution in [0.1, 0.15) is 0 Å². The molecule has 2 nitrogen and oxygen atoms in total. The average Bonchev–Trinajstić information content (AvgIpc) is 2.74. The molecule has 3 aromatic rings. The molecule has 0 saturated heterocycles. The zero-order chi connectivity index (χ0) is 10.1. The van der Waals surface area contributed by atoms with Crippen LogP contribution in [-0.2, 0) is 0 Å². The van der Waals surface area contributed by atoms with Crippen LogP contribution in [0.2, 0.25) is 0 Å². The molecule has 0 aliphatic rings. The Kier molecular flexibility index (Phi) is 1.78. The van der Waals surface area contributed by atoms with E-state index in [4.69, 9.17) is 0 Å². The second-order valence-corrected chi connectivity index (χ2v) is 3.37. The molecule has 0 fully saturated rings. The van der Waals surface area contributed by atoms with Gasteiger partial charge in [-0.05, 0) is 12.1 Å². The van der Waals surface area contributed by atoms with Crippen molar-refractivity contribution in [2.24, 2.45) is 0 Å². The second-order valence-electron chi connectivity index (χ2n) is 3.37. The van der Waals surface area contributed by atoms with E-state index < -0.39 is 0 Å². The highest BCUT2D eigenvalue weighted by molar-refractivity contribution is 5.61. The number of imidazole rings is 1. The van der Waals surface area contributed by atoms with Crippen LogP contribution in [0.4, 0.5) is 0 Å². The van der Waals surface area contributed by atoms with Crippen molar-refractivity contribution in [3.63, 3.8) is 0 Å². The summed E-state index contributed by atoms with van der Waals surface area (Å²) in [6, 6.07) is 16.0. The molecule has 0 bridgehead atoms. The Morgan fingerprint density at radius 1 is 0.933 bits per heavy atom. The molecule has 0 aliphatic carbocycles. The summed E-state index contributed by atoms with van der Waals surface area (Å²) in [6.07, 6.45) is 5.17. The molecule has 3 rings (SSSR count).